The van der Waals surface area contributed by atoms with Gasteiger partial charge >= 0.3 is 0 Å². The zero-order chi connectivity index (χ0) is 12.9. The molecule has 3 rings (SSSR count). The molecule has 0 bridgehead atoms. The van der Waals surface area contributed by atoms with Crippen LogP contribution < -0.4 is 0 Å². The maximum absolute atomic E-state index is 11.7. The molecule has 2 fully saturated rings. The van der Waals surface area contributed by atoms with Crippen LogP contribution in [0.2, 0.25) is 0 Å². The Bertz CT molecular complexity index is 554. The standard InChI is InChI=1S/C11H17N3O3S/c1-7-6-8(7)11-12-10(13-17-11)9-4-3-5-14(9)18(2,15)16/h7-9H,3-6H2,1-2H3/t7-,8-,9-/m1/s1. The molecule has 1 aliphatic carbocycles. The summed E-state index contributed by atoms with van der Waals surface area (Å²) in [5.41, 5.74) is 0. The fourth-order valence-electron chi connectivity index (χ4n) is 2.59. The van der Waals surface area contributed by atoms with Gasteiger partial charge in [-0.3, -0.25) is 0 Å². The van der Waals surface area contributed by atoms with E-state index in [1.54, 1.807) is 0 Å². The van der Waals surface area contributed by atoms with Gasteiger partial charge in [0.05, 0.1) is 12.3 Å². The van der Waals surface area contributed by atoms with E-state index in [1.807, 2.05) is 0 Å². The molecule has 2 aliphatic rings. The summed E-state index contributed by atoms with van der Waals surface area (Å²) in [6.45, 7) is 2.69. The van der Waals surface area contributed by atoms with Crippen LogP contribution in [0.15, 0.2) is 4.52 Å². The lowest BCUT2D eigenvalue weighted by Crippen LogP contribution is -2.30. The van der Waals surface area contributed by atoms with E-state index in [-0.39, 0.29) is 6.04 Å². The zero-order valence-electron chi connectivity index (χ0n) is 10.5. The quantitative estimate of drug-likeness (QED) is 0.828. The molecule has 0 amide bonds. The molecule has 1 saturated carbocycles. The van der Waals surface area contributed by atoms with Crippen LogP contribution in [0.25, 0.3) is 0 Å². The van der Waals surface area contributed by atoms with Gasteiger partial charge < -0.3 is 4.52 Å². The minimum atomic E-state index is -3.19. The number of sulfonamides is 1. The summed E-state index contributed by atoms with van der Waals surface area (Å²) < 4.78 is 30.0. The van der Waals surface area contributed by atoms with Crippen LogP contribution in [-0.2, 0) is 10.0 Å². The molecule has 1 saturated heterocycles. The SMILES string of the molecule is C[C@@H]1C[C@H]1c1nc([C@H]2CCCN2S(C)(=O)=O)no1. The molecular weight excluding hydrogens is 254 g/mol. The van der Waals surface area contributed by atoms with Crippen molar-refractivity contribution in [1.82, 2.24) is 14.4 Å². The molecule has 1 aromatic heterocycles. The molecule has 100 valence electrons. The molecule has 7 heteroatoms. The van der Waals surface area contributed by atoms with Crippen molar-refractivity contribution in [3.05, 3.63) is 11.7 Å². The third kappa shape index (κ3) is 2.05. The number of rotatable bonds is 3. The van der Waals surface area contributed by atoms with Crippen LogP contribution in [0.1, 0.15) is 49.9 Å². The van der Waals surface area contributed by atoms with Gasteiger partial charge in [-0.1, -0.05) is 12.1 Å². The van der Waals surface area contributed by atoms with Gasteiger partial charge in [0.15, 0.2) is 5.82 Å². The molecule has 2 heterocycles. The van der Waals surface area contributed by atoms with Crippen molar-refractivity contribution in [3.63, 3.8) is 0 Å². The van der Waals surface area contributed by atoms with Crippen molar-refractivity contribution in [3.8, 4) is 0 Å². The summed E-state index contributed by atoms with van der Waals surface area (Å²) in [4.78, 5) is 4.38. The van der Waals surface area contributed by atoms with Crippen molar-refractivity contribution in [2.45, 2.75) is 38.1 Å². The summed E-state index contributed by atoms with van der Waals surface area (Å²) in [6, 6.07) is -0.244. The average molecular weight is 271 g/mol. The zero-order valence-corrected chi connectivity index (χ0v) is 11.4. The Balaban J connectivity index is 1.83. The molecule has 0 N–H and O–H groups in total. The molecule has 0 aromatic carbocycles. The topological polar surface area (TPSA) is 76.3 Å². The molecule has 3 atom stereocenters. The molecule has 0 unspecified atom stereocenters. The lowest BCUT2D eigenvalue weighted by molar-refractivity contribution is 0.344. The van der Waals surface area contributed by atoms with E-state index in [2.05, 4.69) is 17.1 Å². The third-order valence-corrected chi connectivity index (χ3v) is 5.10. The number of hydrogen-bond acceptors (Lipinski definition) is 5. The number of nitrogens with zero attached hydrogens (tertiary/aromatic N) is 3. The van der Waals surface area contributed by atoms with Crippen LogP contribution >= 0.6 is 0 Å². The van der Waals surface area contributed by atoms with E-state index in [9.17, 15) is 8.42 Å². The number of hydrogen-bond donors (Lipinski definition) is 0. The van der Waals surface area contributed by atoms with E-state index in [0.29, 0.717) is 30.1 Å². The van der Waals surface area contributed by atoms with Gasteiger partial charge in [-0.2, -0.15) is 9.29 Å². The fourth-order valence-corrected chi connectivity index (χ4v) is 3.72. The van der Waals surface area contributed by atoms with Crippen LogP contribution in [0.3, 0.4) is 0 Å². The Morgan fingerprint density at radius 2 is 2.17 bits per heavy atom. The van der Waals surface area contributed by atoms with Gasteiger partial charge in [0.25, 0.3) is 0 Å². The lowest BCUT2D eigenvalue weighted by Gasteiger charge is -2.18. The molecule has 1 aromatic rings. The van der Waals surface area contributed by atoms with Crippen molar-refractivity contribution < 1.29 is 12.9 Å². The van der Waals surface area contributed by atoms with Gasteiger partial charge in [0.1, 0.15) is 0 Å². The monoisotopic (exact) mass is 271 g/mol. The highest BCUT2D eigenvalue weighted by Gasteiger charge is 2.41. The van der Waals surface area contributed by atoms with Gasteiger partial charge in [0, 0.05) is 12.5 Å². The highest BCUT2D eigenvalue weighted by atomic mass is 32.2. The Kier molecular flexibility index (Phi) is 2.71. The lowest BCUT2D eigenvalue weighted by atomic mass is 10.2. The Morgan fingerprint density at radius 1 is 1.44 bits per heavy atom. The average Bonchev–Trinajstić information content (AvgIpc) is 2.75. The second kappa shape index (κ2) is 4.03. The largest absolute Gasteiger partial charge is 0.339 e. The summed E-state index contributed by atoms with van der Waals surface area (Å²) in [5.74, 6) is 2.16. The van der Waals surface area contributed by atoms with Crippen LogP contribution in [-0.4, -0.2) is 35.7 Å². The molecule has 1 aliphatic heterocycles. The minimum absolute atomic E-state index is 0.244. The highest BCUT2D eigenvalue weighted by Crippen LogP contribution is 2.46. The molecule has 0 radical (unpaired) electrons. The summed E-state index contributed by atoms with van der Waals surface area (Å²) in [6.07, 6.45) is 3.94. The second-order valence-corrected chi connectivity index (χ2v) is 7.28. The van der Waals surface area contributed by atoms with Gasteiger partial charge in [0.2, 0.25) is 15.9 Å². The van der Waals surface area contributed by atoms with Crippen molar-refractivity contribution in [1.29, 1.82) is 0 Å². The van der Waals surface area contributed by atoms with Crippen LogP contribution in [0.4, 0.5) is 0 Å². The van der Waals surface area contributed by atoms with E-state index in [4.69, 9.17) is 4.52 Å². The number of aromatic nitrogens is 2. The van der Waals surface area contributed by atoms with E-state index in [1.165, 1.54) is 10.6 Å². The molecule has 6 nitrogen and oxygen atoms in total. The molecular formula is C11H17N3O3S. The first-order valence-electron chi connectivity index (χ1n) is 6.27. The van der Waals surface area contributed by atoms with Gasteiger partial charge in [-0.05, 0) is 25.2 Å². The smallest absolute Gasteiger partial charge is 0.230 e. The van der Waals surface area contributed by atoms with Crippen molar-refractivity contribution in [2.75, 3.05) is 12.8 Å². The Labute approximate surface area is 106 Å². The van der Waals surface area contributed by atoms with E-state index < -0.39 is 10.0 Å². The van der Waals surface area contributed by atoms with Crippen LogP contribution in [0.5, 0.6) is 0 Å². The first-order valence-corrected chi connectivity index (χ1v) is 8.12. The maximum atomic E-state index is 11.7. The van der Waals surface area contributed by atoms with Crippen molar-refractivity contribution in [2.24, 2.45) is 5.92 Å². The Morgan fingerprint density at radius 3 is 2.78 bits per heavy atom. The third-order valence-electron chi connectivity index (χ3n) is 3.81. The maximum Gasteiger partial charge on any atom is 0.230 e. The molecule has 18 heavy (non-hydrogen) atoms. The summed E-state index contributed by atoms with van der Waals surface area (Å²) >= 11 is 0. The van der Waals surface area contributed by atoms with E-state index >= 15 is 0 Å². The fraction of sp³-hybridized carbons (Fsp3) is 0.818. The normalized spacial score (nSPS) is 32.9. The summed E-state index contributed by atoms with van der Waals surface area (Å²) in [5, 5.41) is 3.97. The van der Waals surface area contributed by atoms with Gasteiger partial charge in [-0.25, -0.2) is 8.42 Å². The van der Waals surface area contributed by atoms with E-state index in [0.717, 1.165) is 19.3 Å². The first-order chi connectivity index (χ1) is 8.47. The second-order valence-electron chi connectivity index (χ2n) is 5.34. The minimum Gasteiger partial charge on any atom is -0.339 e. The van der Waals surface area contributed by atoms with Gasteiger partial charge in [-0.15, -0.1) is 0 Å². The van der Waals surface area contributed by atoms with Crippen molar-refractivity contribution >= 4 is 10.0 Å². The Hall–Kier alpha value is -0.950. The molecule has 0 spiro atoms. The highest BCUT2D eigenvalue weighted by molar-refractivity contribution is 7.88. The predicted molar refractivity (Wildman–Crippen MR) is 64.3 cm³/mol. The first kappa shape index (κ1) is 12.1. The summed E-state index contributed by atoms with van der Waals surface area (Å²) in [7, 11) is -3.19. The van der Waals surface area contributed by atoms with Crippen LogP contribution in [0, 0.1) is 5.92 Å². The predicted octanol–water partition coefficient (Wildman–Crippen LogP) is 1.29.